The molecule has 1 heterocycles. The van der Waals surface area contributed by atoms with Crippen LogP contribution in [0.25, 0.3) is 0 Å². The molecule has 2 amide bonds. The van der Waals surface area contributed by atoms with Gasteiger partial charge in [-0.3, -0.25) is 9.59 Å². The van der Waals surface area contributed by atoms with Gasteiger partial charge in [0.1, 0.15) is 10.8 Å². The van der Waals surface area contributed by atoms with Gasteiger partial charge < -0.3 is 15.4 Å². The van der Waals surface area contributed by atoms with Crippen molar-refractivity contribution < 1.29 is 14.3 Å². The molecule has 0 bridgehead atoms. The molecule has 0 saturated carbocycles. The van der Waals surface area contributed by atoms with Gasteiger partial charge in [-0.15, -0.1) is 17.9 Å². The number of hydrogen-bond acceptors (Lipinski definition) is 4. The first-order chi connectivity index (χ1) is 13.1. The van der Waals surface area contributed by atoms with Crippen LogP contribution in [0.4, 0.5) is 5.00 Å². The molecule has 1 aliphatic rings. The van der Waals surface area contributed by atoms with Crippen LogP contribution < -0.4 is 15.4 Å². The van der Waals surface area contributed by atoms with Crippen molar-refractivity contribution in [1.29, 1.82) is 0 Å². The Morgan fingerprint density at radius 2 is 1.96 bits per heavy atom. The SMILES string of the molecule is C=CCNC(=O)c1c(NC(=O)COc2ccc(Br)cc2)sc2c1CCCC2. The van der Waals surface area contributed by atoms with Crippen molar-refractivity contribution in [2.75, 3.05) is 18.5 Å². The highest BCUT2D eigenvalue weighted by molar-refractivity contribution is 9.10. The van der Waals surface area contributed by atoms with Gasteiger partial charge in [-0.2, -0.15) is 0 Å². The lowest BCUT2D eigenvalue weighted by Crippen LogP contribution is -2.26. The summed E-state index contributed by atoms with van der Waals surface area (Å²) in [5.74, 6) is 0.162. The molecule has 2 aromatic rings. The number of amides is 2. The maximum absolute atomic E-state index is 12.6. The van der Waals surface area contributed by atoms with Crippen LogP contribution in [0.5, 0.6) is 5.75 Å². The number of benzene rings is 1. The summed E-state index contributed by atoms with van der Waals surface area (Å²) in [6.45, 7) is 3.91. The van der Waals surface area contributed by atoms with E-state index in [9.17, 15) is 9.59 Å². The number of rotatable bonds is 7. The molecule has 0 aliphatic heterocycles. The lowest BCUT2D eigenvalue weighted by Gasteiger charge is -2.13. The number of carbonyl (C=O) groups is 2. The average Bonchev–Trinajstić information content (AvgIpc) is 3.03. The number of carbonyl (C=O) groups excluding carboxylic acids is 2. The van der Waals surface area contributed by atoms with Gasteiger partial charge in [0, 0.05) is 15.9 Å². The molecule has 3 rings (SSSR count). The zero-order valence-electron chi connectivity index (χ0n) is 14.8. The number of thiophene rings is 1. The second kappa shape index (κ2) is 9.19. The number of anilines is 1. The minimum atomic E-state index is -0.283. The minimum absolute atomic E-state index is 0.113. The molecule has 5 nitrogen and oxygen atoms in total. The molecule has 142 valence electrons. The van der Waals surface area contributed by atoms with E-state index >= 15 is 0 Å². The van der Waals surface area contributed by atoms with Crippen molar-refractivity contribution in [3.05, 3.63) is 57.4 Å². The van der Waals surface area contributed by atoms with E-state index in [4.69, 9.17) is 4.74 Å². The monoisotopic (exact) mass is 448 g/mol. The van der Waals surface area contributed by atoms with Crippen molar-refractivity contribution in [3.8, 4) is 5.75 Å². The summed E-state index contributed by atoms with van der Waals surface area (Å²) >= 11 is 4.85. The summed E-state index contributed by atoms with van der Waals surface area (Å²) in [6.07, 6.45) is 5.63. The van der Waals surface area contributed by atoms with Crippen LogP contribution in [0.2, 0.25) is 0 Å². The summed E-state index contributed by atoms with van der Waals surface area (Å²) < 4.78 is 6.46. The third-order valence-corrected chi connectivity index (χ3v) is 5.98. The van der Waals surface area contributed by atoms with Crippen LogP contribution >= 0.6 is 27.3 Å². The van der Waals surface area contributed by atoms with E-state index in [0.29, 0.717) is 22.9 Å². The largest absolute Gasteiger partial charge is 0.484 e. The standard InChI is InChI=1S/C20H21BrN2O3S/c1-2-11-22-19(25)18-15-5-3-4-6-16(15)27-20(18)23-17(24)12-26-14-9-7-13(21)8-10-14/h2,7-10H,1,3-6,11-12H2,(H,22,25)(H,23,24). The molecule has 2 N–H and O–H groups in total. The Labute approximate surface area is 170 Å². The van der Waals surface area contributed by atoms with Gasteiger partial charge in [0.25, 0.3) is 11.8 Å². The van der Waals surface area contributed by atoms with E-state index in [-0.39, 0.29) is 18.4 Å². The van der Waals surface area contributed by atoms with Gasteiger partial charge in [-0.25, -0.2) is 0 Å². The van der Waals surface area contributed by atoms with Crippen molar-refractivity contribution >= 4 is 44.1 Å². The Balaban J connectivity index is 1.71. The topological polar surface area (TPSA) is 67.4 Å². The molecule has 0 saturated heterocycles. The van der Waals surface area contributed by atoms with E-state index in [1.54, 1.807) is 18.2 Å². The number of hydrogen-bond donors (Lipinski definition) is 2. The van der Waals surface area contributed by atoms with Gasteiger partial charge in [0.2, 0.25) is 0 Å². The zero-order chi connectivity index (χ0) is 19.2. The molecule has 0 unspecified atom stereocenters. The Kier molecular flexibility index (Phi) is 6.68. The number of nitrogens with one attached hydrogen (secondary N) is 2. The highest BCUT2D eigenvalue weighted by Gasteiger charge is 2.26. The molecule has 1 aliphatic carbocycles. The lowest BCUT2D eigenvalue weighted by molar-refractivity contribution is -0.118. The van der Waals surface area contributed by atoms with E-state index in [1.165, 1.54) is 16.2 Å². The predicted octanol–water partition coefficient (Wildman–Crippen LogP) is 4.32. The smallest absolute Gasteiger partial charge is 0.262 e. The lowest BCUT2D eigenvalue weighted by atomic mass is 9.95. The second-order valence-electron chi connectivity index (χ2n) is 6.20. The number of halogens is 1. The van der Waals surface area contributed by atoms with Crippen LogP contribution in [0, 0.1) is 0 Å². The minimum Gasteiger partial charge on any atom is -0.484 e. The van der Waals surface area contributed by atoms with Gasteiger partial charge in [-0.1, -0.05) is 22.0 Å². The Morgan fingerprint density at radius 1 is 1.22 bits per heavy atom. The molecular weight excluding hydrogens is 428 g/mol. The van der Waals surface area contributed by atoms with E-state index < -0.39 is 0 Å². The van der Waals surface area contributed by atoms with Gasteiger partial charge in [-0.05, 0) is 55.5 Å². The first kappa shape index (κ1) is 19.6. The molecular formula is C20H21BrN2O3S. The van der Waals surface area contributed by atoms with Gasteiger partial charge in [0.05, 0.1) is 5.56 Å². The predicted molar refractivity (Wildman–Crippen MR) is 112 cm³/mol. The maximum atomic E-state index is 12.6. The van der Waals surface area contributed by atoms with E-state index in [0.717, 1.165) is 35.7 Å². The van der Waals surface area contributed by atoms with Crippen molar-refractivity contribution in [2.24, 2.45) is 0 Å². The molecule has 0 fully saturated rings. The van der Waals surface area contributed by atoms with Crippen LogP contribution in [0.15, 0.2) is 41.4 Å². The van der Waals surface area contributed by atoms with Crippen LogP contribution in [-0.4, -0.2) is 25.0 Å². The van der Waals surface area contributed by atoms with Crippen molar-refractivity contribution in [2.45, 2.75) is 25.7 Å². The Hall–Kier alpha value is -2.12. The normalized spacial score (nSPS) is 12.8. The fraction of sp³-hybridized carbons (Fsp3) is 0.300. The molecule has 1 aromatic heterocycles. The fourth-order valence-electron chi connectivity index (χ4n) is 2.99. The Bertz CT molecular complexity index is 846. The fourth-order valence-corrected chi connectivity index (χ4v) is 4.56. The quantitative estimate of drug-likeness (QED) is 0.619. The summed E-state index contributed by atoms with van der Waals surface area (Å²) in [7, 11) is 0. The first-order valence-electron chi connectivity index (χ1n) is 8.80. The van der Waals surface area contributed by atoms with Crippen LogP contribution in [-0.2, 0) is 17.6 Å². The zero-order valence-corrected chi connectivity index (χ0v) is 17.2. The molecule has 0 atom stereocenters. The molecule has 7 heteroatoms. The summed E-state index contributed by atoms with van der Waals surface area (Å²) in [5, 5.41) is 6.29. The highest BCUT2D eigenvalue weighted by Crippen LogP contribution is 2.38. The summed E-state index contributed by atoms with van der Waals surface area (Å²) in [6, 6.07) is 7.27. The molecule has 0 spiro atoms. The van der Waals surface area contributed by atoms with E-state index in [2.05, 4.69) is 33.1 Å². The number of ether oxygens (including phenoxy) is 1. The number of fused-ring (bicyclic) bond motifs is 1. The van der Waals surface area contributed by atoms with Crippen LogP contribution in [0.3, 0.4) is 0 Å². The molecule has 0 radical (unpaired) electrons. The molecule has 27 heavy (non-hydrogen) atoms. The van der Waals surface area contributed by atoms with Gasteiger partial charge in [0.15, 0.2) is 6.61 Å². The highest BCUT2D eigenvalue weighted by atomic mass is 79.9. The summed E-state index contributed by atoms with van der Waals surface area (Å²) in [4.78, 5) is 26.2. The second-order valence-corrected chi connectivity index (χ2v) is 8.23. The number of aryl methyl sites for hydroxylation is 1. The summed E-state index contributed by atoms with van der Waals surface area (Å²) in [5.41, 5.74) is 1.66. The third kappa shape index (κ3) is 4.99. The average molecular weight is 449 g/mol. The van der Waals surface area contributed by atoms with Crippen molar-refractivity contribution in [1.82, 2.24) is 5.32 Å². The van der Waals surface area contributed by atoms with E-state index in [1.807, 2.05) is 12.1 Å². The first-order valence-corrected chi connectivity index (χ1v) is 10.4. The third-order valence-electron chi connectivity index (χ3n) is 4.24. The van der Waals surface area contributed by atoms with Gasteiger partial charge >= 0.3 is 0 Å². The molecule has 1 aromatic carbocycles. The van der Waals surface area contributed by atoms with Crippen molar-refractivity contribution in [3.63, 3.8) is 0 Å². The maximum Gasteiger partial charge on any atom is 0.262 e. The Morgan fingerprint density at radius 3 is 2.70 bits per heavy atom. The van der Waals surface area contributed by atoms with Crippen LogP contribution in [0.1, 0.15) is 33.6 Å².